The number of sulfonamides is 1. The van der Waals surface area contributed by atoms with E-state index in [1.165, 1.54) is 11.4 Å². The lowest BCUT2D eigenvalue weighted by Gasteiger charge is -2.24. The molecule has 0 fully saturated rings. The second kappa shape index (κ2) is 6.83. The molecule has 3 aromatic rings. The van der Waals surface area contributed by atoms with E-state index < -0.39 is 21.9 Å². The van der Waals surface area contributed by atoms with E-state index in [0.29, 0.717) is 11.3 Å². The number of fused-ring (bicyclic) bond motifs is 1. The smallest absolute Gasteiger partial charge is 0.245 e. The maximum atomic E-state index is 13.5. The third-order valence-electron chi connectivity index (χ3n) is 4.00. The summed E-state index contributed by atoms with van der Waals surface area (Å²) in [6.07, 6.45) is 0. The maximum absolute atomic E-state index is 13.5. The van der Waals surface area contributed by atoms with Crippen LogP contribution in [0.3, 0.4) is 0 Å². The van der Waals surface area contributed by atoms with Gasteiger partial charge in [0.15, 0.2) is 0 Å². The predicted octanol–water partition coefficient (Wildman–Crippen LogP) is 5.48. The van der Waals surface area contributed by atoms with Gasteiger partial charge in [0, 0.05) is 21.4 Å². The fraction of sp³-hybridized carbons (Fsp3) is 0.176. The van der Waals surface area contributed by atoms with Crippen LogP contribution in [-0.2, 0) is 10.0 Å². The van der Waals surface area contributed by atoms with Crippen LogP contribution in [-0.4, -0.2) is 19.8 Å². The molecule has 0 aliphatic heterocycles. The second-order valence-electron chi connectivity index (χ2n) is 5.58. The van der Waals surface area contributed by atoms with Gasteiger partial charge in [-0.2, -0.15) is 4.31 Å². The van der Waals surface area contributed by atoms with Crippen molar-refractivity contribution >= 4 is 52.9 Å². The zero-order valence-corrected chi connectivity index (χ0v) is 17.3. The van der Waals surface area contributed by atoms with Gasteiger partial charge in [-0.1, -0.05) is 18.2 Å². The van der Waals surface area contributed by atoms with Crippen LogP contribution in [0.25, 0.3) is 11.0 Å². The van der Waals surface area contributed by atoms with Crippen LogP contribution < -0.4 is 0 Å². The number of hydrogen-bond donors (Lipinski definition) is 0. The normalized spacial score (nSPS) is 13.5. The largest absolute Gasteiger partial charge is 0.459 e. The summed E-state index contributed by atoms with van der Waals surface area (Å²) in [4.78, 5) is -0.0284. The SMILES string of the molecule is CC(c1cc2ccccc2o1)N(C)S(=O)(=O)c1c(Br)cc(F)cc1Br. The van der Waals surface area contributed by atoms with E-state index in [9.17, 15) is 12.8 Å². The van der Waals surface area contributed by atoms with Crippen LogP contribution in [0, 0.1) is 5.82 Å². The Morgan fingerprint density at radius 2 is 1.72 bits per heavy atom. The van der Waals surface area contributed by atoms with Crippen LogP contribution >= 0.6 is 31.9 Å². The molecular formula is C17H14Br2FNO3S. The lowest BCUT2D eigenvalue weighted by molar-refractivity contribution is 0.347. The van der Waals surface area contributed by atoms with Crippen molar-refractivity contribution in [3.63, 3.8) is 0 Å². The summed E-state index contributed by atoms with van der Waals surface area (Å²) < 4.78 is 46.8. The average Bonchev–Trinajstić information content (AvgIpc) is 2.96. The van der Waals surface area contributed by atoms with E-state index in [1.807, 2.05) is 30.3 Å². The standard InChI is InChI=1S/C17H14Br2FNO3S/c1-10(16-7-11-5-3-4-6-15(11)24-16)21(2)25(22,23)17-13(18)8-12(20)9-14(17)19/h3-10H,1-2H3. The Balaban J connectivity index is 2.02. The number of benzene rings is 2. The Labute approximate surface area is 161 Å². The summed E-state index contributed by atoms with van der Waals surface area (Å²) in [5.74, 6) is -0.00711. The first kappa shape index (κ1) is 18.6. The highest BCUT2D eigenvalue weighted by molar-refractivity contribution is 9.11. The minimum atomic E-state index is -3.89. The molecule has 0 aliphatic rings. The van der Waals surface area contributed by atoms with E-state index in [2.05, 4.69) is 31.9 Å². The van der Waals surface area contributed by atoms with Crippen molar-refractivity contribution in [2.75, 3.05) is 7.05 Å². The quantitative estimate of drug-likeness (QED) is 0.486. The number of furan rings is 1. The monoisotopic (exact) mass is 489 g/mol. The number of halogens is 3. The van der Waals surface area contributed by atoms with Gasteiger partial charge >= 0.3 is 0 Å². The number of para-hydroxylation sites is 1. The molecule has 2 aromatic carbocycles. The molecular weight excluding hydrogens is 477 g/mol. The van der Waals surface area contributed by atoms with Gasteiger partial charge in [0.25, 0.3) is 0 Å². The highest BCUT2D eigenvalue weighted by Gasteiger charge is 2.32. The van der Waals surface area contributed by atoms with E-state index >= 15 is 0 Å². The minimum absolute atomic E-state index is 0.0284. The molecule has 0 bridgehead atoms. The molecule has 132 valence electrons. The highest BCUT2D eigenvalue weighted by Crippen LogP contribution is 2.36. The summed E-state index contributed by atoms with van der Waals surface area (Å²) in [7, 11) is -2.42. The average molecular weight is 491 g/mol. The summed E-state index contributed by atoms with van der Waals surface area (Å²) in [6, 6.07) is 11.0. The zero-order valence-electron chi connectivity index (χ0n) is 13.3. The van der Waals surface area contributed by atoms with Gasteiger partial charge in [0.2, 0.25) is 10.0 Å². The van der Waals surface area contributed by atoms with Gasteiger partial charge in [-0.15, -0.1) is 0 Å². The van der Waals surface area contributed by atoms with Crippen LogP contribution in [0.2, 0.25) is 0 Å². The molecule has 25 heavy (non-hydrogen) atoms. The first-order valence-corrected chi connectivity index (χ1v) is 10.4. The van der Waals surface area contributed by atoms with E-state index in [-0.39, 0.29) is 13.8 Å². The van der Waals surface area contributed by atoms with Gasteiger partial charge in [-0.25, -0.2) is 12.8 Å². The van der Waals surface area contributed by atoms with E-state index in [0.717, 1.165) is 17.5 Å². The maximum Gasteiger partial charge on any atom is 0.245 e. The Hall–Kier alpha value is -1.22. The molecule has 0 saturated heterocycles. The molecule has 1 unspecified atom stereocenters. The second-order valence-corrected chi connectivity index (χ2v) is 9.23. The van der Waals surface area contributed by atoms with Crippen LogP contribution in [0.4, 0.5) is 4.39 Å². The molecule has 0 aliphatic carbocycles. The Kier molecular flexibility index (Phi) is 5.07. The molecule has 3 rings (SSSR count). The number of rotatable bonds is 4. The van der Waals surface area contributed by atoms with Gasteiger partial charge < -0.3 is 4.42 Å². The Morgan fingerprint density at radius 3 is 2.32 bits per heavy atom. The molecule has 4 nitrogen and oxygen atoms in total. The highest BCUT2D eigenvalue weighted by atomic mass is 79.9. The first-order valence-electron chi connectivity index (χ1n) is 7.33. The Morgan fingerprint density at radius 1 is 1.12 bits per heavy atom. The lowest BCUT2D eigenvalue weighted by atomic mass is 10.2. The summed E-state index contributed by atoms with van der Waals surface area (Å²) in [6.45, 7) is 1.74. The zero-order chi connectivity index (χ0) is 18.4. The van der Waals surface area contributed by atoms with Gasteiger partial charge in [-0.05, 0) is 63.0 Å². The fourth-order valence-corrected chi connectivity index (χ4v) is 6.29. The predicted molar refractivity (Wildman–Crippen MR) is 101 cm³/mol. The molecule has 1 aromatic heterocycles. The van der Waals surface area contributed by atoms with E-state index in [1.54, 1.807) is 6.92 Å². The summed E-state index contributed by atoms with van der Waals surface area (Å²) in [5.41, 5.74) is 0.694. The van der Waals surface area contributed by atoms with Crippen molar-refractivity contribution in [1.29, 1.82) is 0 Å². The first-order chi connectivity index (χ1) is 11.7. The van der Waals surface area contributed by atoms with Crippen LogP contribution in [0.15, 0.2) is 60.7 Å². The molecule has 0 saturated carbocycles. The van der Waals surface area contributed by atoms with Crippen molar-refractivity contribution in [3.8, 4) is 0 Å². The molecule has 0 spiro atoms. The number of hydrogen-bond acceptors (Lipinski definition) is 3. The molecule has 8 heteroatoms. The van der Waals surface area contributed by atoms with Crippen LogP contribution in [0.1, 0.15) is 18.7 Å². The van der Waals surface area contributed by atoms with Crippen molar-refractivity contribution in [1.82, 2.24) is 4.31 Å². The molecule has 1 atom stereocenters. The molecule has 0 amide bonds. The number of nitrogens with zero attached hydrogens (tertiary/aromatic N) is 1. The minimum Gasteiger partial charge on any atom is -0.459 e. The van der Waals surface area contributed by atoms with Crippen LogP contribution in [0.5, 0.6) is 0 Å². The lowest BCUT2D eigenvalue weighted by Crippen LogP contribution is -2.30. The van der Waals surface area contributed by atoms with Gasteiger partial charge in [0.1, 0.15) is 22.1 Å². The third-order valence-corrected chi connectivity index (χ3v) is 7.81. The Bertz CT molecular complexity index is 993. The van der Waals surface area contributed by atoms with Crippen molar-refractivity contribution in [3.05, 3.63) is 63.0 Å². The summed E-state index contributed by atoms with van der Waals surface area (Å²) >= 11 is 6.27. The van der Waals surface area contributed by atoms with Gasteiger partial charge in [0.05, 0.1) is 6.04 Å². The van der Waals surface area contributed by atoms with Crippen molar-refractivity contribution in [2.45, 2.75) is 17.9 Å². The molecule has 1 heterocycles. The third kappa shape index (κ3) is 3.40. The summed E-state index contributed by atoms with van der Waals surface area (Å²) in [5, 5.41) is 0.902. The van der Waals surface area contributed by atoms with Crippen molar-refractivity contribution < 1.29 is 17.2 Å². The molecule has 0 radical (unpaired) electrons. The fourth-order valence-electron chi connectivity index (χ4n) is 2.52. The van der Waals surface area contributed by atoms with Crippen molar-refractivity contribution in [2.24, 2.45) is 0 Å². The topological polar surface area (TPSA) is 50.5 Å². The molecule has 0 N–H and O–H groups in total. The van der Waals surface area contributed by atoms with E-state index in [4.69, 9.17) is 4.42 Å². The van der Waals surface area contributed by atoms with Gasteiger partial charge in [-0.3, -0.25) is 0 Å².